The summed E-state index contributed by atoms with van der Waals surface area (Å²) in [5.41, 5.74) is 3.85. The van der Waals surface area contributed by atoms with Gasteiger partial charge in [0.2, 0.25) is 0 Å². The van der Waals surface area contributed by atoms with E-state index in [1.54, 1.807) is 24.8 Å². The molecule has 0 unspecified atom stereocenters. The van der Waals surface area contributed by atoms with Gasteiger partial charge in [0.1, 0.15) is 0 Å². The van der Waals surface area contributed by atoms with Gasteiger partial charge in [-0.15, -0.1) is 0 Å². The van der Waals surface area contributed by atoms with E-state index in [4.69, 9.17) is 0 Å². The topological polar surface area (TPSA) is 51.6 Å². The molecule has 2 aromatic carbocycles. The Morgan fingerprint density at radius 1 is 0.417 bits per heavy atom. The highest BCUT2D eigenvalue weighted by Gasteiger charge is 2.00. The van der Waals surface area contributed by atoms with Crippen LogP contribution in [0.4, 0.5) is 0 Å². The van der Waals surface area contributed by atoms with Crippen molar-refractivity contribution in [3.63, 3.8) is 0 Å². The third-order valence-electron chi connectivity index (χ3n) is 3.72. The standard InChI is InChI=1S/C12H8N2.C8H6N2/c1-3-9-5-6-10-4-2-8-14-12(10)11(9)13-7-1;1-2-4-8-7(3-1)9-5-6-10-8/h1-8H;1-6H. The maximum atomic E-state index is 4.35. The second kappa shape index (κ2) is 6.38. The molecule has 0 atom stereocenters. The van der Waals surface area contributed by atoms with Gasteiger partial charge >= 0.3 is 0 Å². The molecule has 0 aliphatic rings. The second-order valence-corrected chi connectivity index (χ2v) is 5.26. The molecule has 4 heteroatoms. The predicted molar refractivity (Wildman–Crippen MR) is 96.6 cm³/mol. The average Bonchev–Trinajstić information content (AvgIpc) is 2.68. The van der Waals surface area contributed by atoms with Gasteiger partial charge in [-0.2, -0.15) is 0 Å². The minimum absolute atomic E-state index is 0.949. The molecule has 0 N–H and O–H groups in total. The zero-order valence-electron chi connectivity index (χ0n) is 12.9. The van der Waals surface area contributed by atoms with Crippen molar-refractivity contribution >= 4 is 32.8 Å². The lowest BCUT2D eigenvalue weighted by molar-refractivity contribution is 1.29. The van der Waals surface area contributed by atoms with Crippen LogP contribution in [0, 0.1) is 0 Å². The summed E-state index contributed by atoms with van der Waals surface area (Å²) in [7, 11) is 0. The van der Waals surface area contributed by atoms with Gasteiger partial charge in [0.05, 0.1) is 22.1 Å². The van der Waals surface area contributed by atoms with Crippen molar-refractivity contribution in [2.75, 3.05) is 0 Å². The Hall–Kier alpha value is -3.40. The van der Waals surface area contributed by atoms with E-state index in [1.165, 1.54) is 0 Å². The van der Waals surface area contributed by atoms with Crippen LogP contribution in [-0.4, -0.2) is 19.9 Å². The Morgan fingerprint density at radius 3 is 1.42 bits per heavy atom. The van der Waals surface area contributed by atoms with Crippen molar-refractivity contribution in [1.82, 2.24) is 19.9 Å². The van der Waals surface area contributed by atoms with Crippen molar-refractivity contribution in [3.05, 3.63) is 85.5 Å². The maximum absolute atomic E-state index is 4.35. The number of pyridine rings is 2. The van der Waals surface area contributed by atoms with Gasteiger partial charge in [-0.25, -0.2) is 0 Å². The Morgan fingerprint density at radius 2 is 0.917 bits per heavy atom. The molecule has 4 nitrogen and oxygen atoms in total. The number of aromatic nitrogens is 4. The molecular weight excluding hydrogens is 296 g/mol. The van der Waals surface area contributed by atoms with Gasteiger partial charge in [0.15, 0.2) is 0 Å². The summed E-state index contributed by atoms with van der Waals surface area (Å²) in [5.74, 6) is 0. The fraction of sp³-hybridized carbons (Fsp3) is 0. The number of nitrogens with zero attached hydrogens (tertiary/aromatic N) is 4. The van der Waals surface area contributed by atoms with Crippen molar-refractivity contribution in [2.45, 2.75) is 0 Å². The summed E-state index contributed by atoms with van der Waals surface area (Å²) in [6, 6.07) is 19.9. The highest BCUT2D eigenvalue weighted by Crippen LogP contribution is 2.20. The molecule has 5 aromatic rings. The first-order valence-electron chi connectivity index (χ1n) is 7.66. The van der Waals surface area contributed by atoms with E-state index in [2.05, 4.69) is 44.2 Å². The van der Waals surface area contributed by atoms with Crippen LogP contribution >= 0.6 is 0 Å². The molecule has 3 heterocycles. The minimum atomic E-state index is 0.949. The smallest absolute Gasteiger partial charge is 0.0964 e. The summed E-state index contributed by atoms with van der Waals surface area (Å²) < 4.78 is 0. The highest BCUT2D eigenvalue weighted by atomic mass is 14.8. The van der Waals surface area contributed by atoms with Gasteiger partial charge < -0.3 is 0 Å². The normalized spacial score (nSPS) is 10.5. The van der Waals surface area contributed by atoms with Gasteiger partial charge in [-0.1, -0.05) is 36.4 Å². The largest absolute Gasteiger partial charge is 0.254 e. The van der Waals surface area contributed by atoms with Crippen molar-refractivity contribution < 1.29 is 0 Å². The lowest BCUT2D eigenvalue weighted by Crippen LogP contribution is -1.83. The molecule has 24 heavy (non-hydrogen) atoms. The van der Waals surface area contributed by atoms with Crippen molar-refractivity contribution in [1.29, 1.82) is 0 Å². The molecule has 114 valence electrons. The number of hydrogen-bond acceptors (Lipinski definition) is 4. The van der Waals surface area contributed by atoms with Crippen LogP contribution in [0.3, 0.4) is 0 Å². The molecule has 5 rings (SSSR count). The van der Waals surface area contributed by atoms with Crippen LogP contribution in [-0.2, 0) is 0 Å². The zero-order valence-corrected chi connectivity index (χ0v) is 12.9. The minimum Gasteiger partial charge on any atom is -0.254 e. The summed E-state index contributed by atoms with van der Waals surface area (Å²) >= 11 is 0. The third kappa shape index (κ3) is 2.77. The molecule has 0 spiro atoms. The first-order valence-corrected chi connectivity index (χ1v) is 7.66. The van der Waals surface area contributed by atoms with E-state index in [1.807, 2.05) is 36.4 Å². The first kappa shape index (κ1) is 14.2. The van der Waals surface area contributed by atoms with Crippen LogP contribution in [0.2, 0.25) is 0 Å². The average molecular weight is 310 g/mol. The maximum Gasteiger partial charge on any atom is 0.0964 e. The van der Waals surface area contributed by atoms with Crippen LogP contribution in [0.5, 0.6) is 0 Å². The number of para-hydroxylation sites is 2. The number of hydrogen-bond donors (Lipinski definition) is 0. The highest BCUT2D eigenvalue weighted by molar-refractivity contribution is 6.02. The Bertz CT molecular complexity index is 1000. The molecule has 3 aromatic heterocycles. The Balaban J connectivity index is 0.000000129. The quantitative estimate of drug-likeness (QED) is 0.397. The van der Waals surface area contributed by atoms with Gasteiger partial charge in [0.25, 0.3) is 0 Å². The third-order valence-corrected chi connectivity index (χ3v) is 3.72. The molecule has 0 fully saturated rings. The molecule has 0 bridgehead atoms. The lowest BCUT2D eigenvalue weighted by atomic mass is 10.1. The number of fused-ring (bicyclic) bond motifs is 4. The Kier molecular flexibility index (Phi) is 3.78. The summed E-state index contributed by atoms with van der Waals surface area (Å²) in [6.45, 7) is 0. The summed E-state index contributed by atoms with van der Waals surface area (Å²) in [6.07, 6.45) is 7.00. The second-order valence-electron chi connectivity index (χ2n) is 5.26. The van der Waals surface area contributed by atoms with Gasteiger partial charge in [-0.05, 0) is 24.3 Å². The zero-order chi connectivity index (χ0) is 16.2. The molecular formula is C20H14N4. The van der Waals surface area contributed by atoms with E-state index in [0.717, 1.165) is 32.8 Å². The number of benzene rings is 2. The van der Waals surface area contributed by atoms with Crippen molar-refractivity contribution in [3.8, 4) is 0 Å². The van der Waals surface area contributed by atoms with Crippen LogP contribution < -0.4 is 0 Å². The van der Waals surface area contributed by atoms with E-state index in [9.17, 15) is 0 Å². The lowest BCUT2D eigenvalue weighted by Gasteiger charge is -2.00. The molecule has 0 saturated heterocycles. The molecule has 0 aliphatic carbocycles. The SMILES string of the molecule is c1ccc2nccnc2c1.c1cnc2c(c1)ccc1cccnc12. The van der Waals surface area contributed by atoms with E-state index >= 15 is 0 Å². The Labute approximate surface area is 138 Å². The fourth-order valence-corrected chi connectivity index (χ4v) is 2.59. The van der Waals surface area contributed by atoms with E-state index in [0.29, 0.717) is 0 Å². The van der Waals surface area contributed by atoms with Crippen LogP contribution in [0.15, 0.2) is 85.5 Å². The summed E-state index contributed by atoms with van der Waals surface area (Å²) in [5, 5.41) is 2.28. The fourth-order valence-electron chi connectivity index (χ4n) is 2.59. The van der Waals surface area contributed by atoms with Crippen LogP contribution in [0.25, 0.3) is 32.8 Å². The summed E-state index contributed by atoms with van der Waals surface area (Å²) in [4.78, 5) is 16.9. The monoisotopic (exact) mass is 310 g/mol. The predicted octanol–water partition coefficient (Wildman–Crippen LogP) is 4.41. The van der Waals surface area contributed by atoms with Crippen LogP contribution in [0.1, 0.15) is 0 Å². The van der Waals surface area contributed by atoms with E-state index < -0.39 is 0 Å². The van der Waals surface area contributed by atoms with Gasteiger partial charge in [-0.3, -0.25) is 19.9 Å². The number of rotatable bonds is 0. The molecule has 0 radical (unpaired) electrons. The molecule has 0 amide bonds. The molecule has 0 saturated carbocycles. The molecule has 0 aliphatic heterocycles. The van der Waals surface area contributed by atoms with Gasteiger partial charge in [0, 0.05) is 35.6 Å². The van der Waals surface area contributed by atoms with Crippen molar-refractivity contribution in [2.24, 2.45) is 0 Å². The van der Waals surface area contributed by atoms with E-state index in [-0.39, 0.29) is 0 Å². The first-order chi connectivity index (χ1) is 11.9.